The molecule has 0 saturated heterocycles. The third-order valence-corrected chi connectivity index (χ3v) is 10.7. The SMILES string of the molecule is c1ccc(-c2nc(-c3ccccc3)nc(-c3cccc4c3oc3c(-c5cccc6c5C5(CCCCC5)c5ccccc5-6)cccc34)n2)cc1. The molecule has 6 aromatic carbocycles. The van der Waals surface area contributed by atoms with Crippen molar-refractivity contribution in [1.82, 2.24) is 15.0 Å². The molecule has 0 unspecified atom stereocenters. The van der Waals surface area contributed by atoms with Gasteiger partial charge in [-0.1, -0.05) is 153 Å². The lowest BCUT2D eigenvalue weighted by atomic mass is 9.66. The van der Waals surface area contributed by atoms with Crippen molar-refractivity contribution in [1.29, 1.82) is 0 Å². The molecule has 2 aromatic heterocycles. The molecule has 8 aromatic rings. The number of hydrogen-bond donors (Lipinski definition) is 0. The minimum atomic E-state index is 0.0344. The first kappa shape index (κ1) is 28.2. The van der Waals surface area contributed by atoms with Crippen molar-refractivity contribution in [2.24, 2.45) is 0 Å². The Labute approximate surface area is 285 Å². The number of nitrogens with zero attached hydrogens (tertiary/aromatic N) is 3. The number of aromatic nitrogens is 3. The van der Waals surface area contributed by atoms with Crippen LogP contribution < -0.4 is 0 Å². The number of furan rings is 1. The molecule has 0 amide bonds. The van der Waals surface area contributed by atoms with E-state index in [2.05, 4.69) is 78.9 Å². The highest BCUT2D eigenvalue weighted by molar-refractivity contribution is 6.13. The standard InChI is InChI=1S/C45H33N3O/c1-4-15-29(16-5-1)42-46-43(30-17-6-2-7-18-30)48-44(47-42)37-25-14-24-36-35-23-13-22-34(40(35)49-41(36)37)33-21-12-20-32-31-19-8-9-26-38(31)45(39(32)33)27-10-3-11-28-45/h1-2,4-9,12-26H,3,10-11,27-28H2. The van der Waals surface area contributed by atoms with Gasteiger partial charge in [0.1, 0.15) is 11.2 Å². The van der Waals surface area contributed by atoms with Crippen LogP contribution in [-0.2, 0) is 5.41 Å². The van der Waals surface area contributed by atoms with Crippen LogP contribution in [0.25, 0.3) is 78.4 Å². The summed E-state index contributed by atoms with van der Waals surface area (Å²) in [4.78, 5) is 15.0. The molecule has 1 spiro atoms. The monoisotopic (exact) mass is 631 g/mol. The second-order valence-electron chi connectivity index (χ2n) is 13.4. The largest absolute Gasteiger partial charge is 0.455 e. The predicted molar refractivity (Wildman–Crippen MR) is 198 cm³/mol. The van der Waals surface area contributed by atoms with Crippen molar-refractivity contribution >= 4 is 21.9 Å². The van der Waals surface area contributed by atoms with Gasteiger partial charge < -0.3 is 4.42 Å². The fourth-order valence-electron chi connectivity index (χ4n) is 8.60. The minimum absolute atomic E-state index is 0.0344. The number of para-hydroxylation sites is 2. The van der Waals surface area contributed by atoms with E-state index in [4.69, 9.17) is 19.4 Å². The van der Waals surface area contributed by atoms with E-state index in [1.54, 1.807) is 0 Å². The van der Waals surface area contributed by atoms with E-state index in [1.807, 2.05) is 60.7 Å². The number of benzene rings is 6. The zero-order valence-electron chi connectivity index (χ0n) is 27.1. The fraction of sp³-hybridized carbons (Fsp3) is 0.133. The number of hydrogen-bond acceptors (Lipinski definition) is 4. The third-order valence-electron chi connectivity index (χ3n) is 10.7. The summed E-state index contributed by atoms with van der Waals surface area (Å²) in [5.41, 5.74) is 12.6. The summed E-state index contributed by atoms with van der Waals surface area (Å²) in [7, 11) is 0. The molecule has 0 bridgehead atoms. The lowest BCUT2D eigenvalue weighted by Crippen LogP contribution is -2.28. The summed E-state index contributed by atoms with van der Waals surface area (Å²) < 4.78 is 7.03. The van der Waals surface area contributed by atoms with Crippen LogP contribution in [0.3, 0.4) is 0 Å². The van der Waals surface area contributed by atoms with Gasteiger partial charge in [0.15, 0.2) is 17.5 Å². The molecule has 1 saturated carbocycles. The molecule has 49 heavy (non-hydrogen) atoms. The van der Waals surface area contributed by atoms with Crippen LogP contribution in [0.4, 0.5) is 0 Å². The first-order valence-corrected chi connectivity index (χ1v) is 17.3. The Bertz CT molecular complexity index is 2470. The van der Waals surface area contributed by atoms with E-state index in [0.717, 1.165) is 44.2 Å². The third kappa shape index (κ3) is 4.33. The Balaban J connectivity index is 1.20. The van der Waals surface area contributed by atoms with Gasteiger partial charge in [0.25, 0.3) is 0 Å². The maximum absolute atomic E-state index is 7.03. The van der Waals surface area contributed by atoms with Crippen molar-refractivity contribution in [2.75, 3.05) is 0 Å². The van der Waals surface area contributed by atoms with Gasteiger partial charge in [0.2, 0.25) is 0 Å². The average Bonchev–Trinajstić information content (AvgIpc) is 3.69. The zero-order chi connectivity index (χ0) is 32.4. The molecule has 4 heteroatoms. The quantitative estimate of drug-likeness (QED) is 0.194. The normalized spacial score (nSPS) is 14.7. The van der Waals surface area contributed by atoms with E-state index in [9.17, 15) is 0 Å². The Morgan fingerprint density at radius 1 is 0.408 bits per heavy atom. The van der Waals surface area contributed by atoms with E-state index in [0.29, 0.717) is 17.5 Å². The maximum Gasteiger partial charge on any atom is 0.167 e. The summed E-state index contributed by atoms with van der Waals surface area (Å²) in [6.45, 7) is 0. The van der Waals surface area contributed by atoms with E-state index in [-0.39, 0.29) is 5.41 Å². The Kier molecular flexibility index (Phi) is 6.38. The predicted octanol–water partition coefficient (Wildman–Crippen LogP) is 11.7. The minimum Gasteiger partial charge on any atom is -0.455 e. The second-order valence-corrected chi connectivity index (χ2v) is 13.4. The van der Waals surface area contributed by atoms with Gasteiger partial charge in [-0.3, -0.25) is 0 Å². The first-order valence-electron chi connectivity index (χ1n) is 17.3. The molecular formula is C45H33N3O. The Morgan fingerprint density at radius 3 is 1.57 bits per heavy atom. The Hall–Kier alpha value is -5.87. The second kappa shape index (κ2) is 11.1. The molecule has 0 N–H and O–H groups in total. The summed E-state index contributed by atoms with van der Waals surface area (Å²) in [6.07, 6.45) is 6.17. The smallest absolute Gasteiger partial charge is 0.167 e. The maximum atomic E-state index is 7.03. The molecule has 1 fully saturated rings. The molecule has 2 aliphatic carbocycles. The van der Waals surface area contributed by atoms with Gasteiger partial charge in [0.05, 0.1) is 5.56 Å². The molecule has 0 aliphatic heterocycles. The van der Waals surface area contributed by atoms with Crippen molar-refractivity contribution in [3.05, 3.63) is 151 Å². The Morgan fingerprint density at radius 2 is 0.898 bits per heavy atom. The first-order chi connectivity index (χ1) is 24.3. The molecule has 0 radical (unpaired) electrons. The number of rotatable bonds is 4. The van der Waals surface area contributed by atoms with Gasteiger partial charge in [-0.2, -0.15) is 0 Å². The summed E-state index contributed by atoms with van der Waals surface area (Å²) >= 11 is 0. The van der Waals surface area contributed by atoms with Crippen molar-refractivity contribution < 1.29 is 4.42 Å². The van der Waals surface area contributed by atoms with Crippen molar-refractivity contribution in [3.8, 4) is 56.4 Å². The highest BCUT2D eigenvalue weighted by Gasteiger charge is 2.45. The highest BCUT2D eigenvalue weighted by atomic mass is 16.3. The highest BCUT2D eigenvalue weighted by Crippen LogP contribution is 2.58. The van der Waals surface area contributed by atoms with Crippen LogP contribution in [0.1, 0.15) is 43.2 Å². The molecule has 10 rings (SSSR count). The average molecular weight is 632 g/mol. The summed E-state index contributed by atoms with van der Waals surface area (Å²) in [6, 6.07) is 49.1. The zero-order valence-corrected chi connectivity index (χ0v) is 27.1. The van der Waals surface area contributed by atoms with Gasteiger partial charge in [0, 0.05) is 32.9 Å². The molecule has 2 heterocycles. The van der Waals surface area contributed by atoms with Gasteiger partial charge in [-0.25, -0.2) is 15.0 Å². The lowest BCUT2D eigenvalue weighted by Gasteiger charge is -2.37. The van der Waals surface area contributed by atoms with Gasteiger partial charge in [-0.05, 0) is 46.7 Å². The van der Waals surface area contributed by atoms with Crippen LogP contribution in [-0.4, -0.2) is 15.0 Å². The summed E-state index contributed by atoms with van der Waals surface area (Å²) in [5, 5.41) is 2.15. The van der Waals surface area contributed by atoms with Gasteiger partial charge in [-0.15, -0.1) is 0 Å². The van der Waals surface area contributed by atoms with Crippen LogP contribution in [0, 0.1) is 0 Å². The molecule has 2 aliphatic rings. The van der Waals surface area contributed by atoms with Crippen molar-refractivity contribution in [3.63, 3.8) is 0 Å². The van der Waals surface area contributed by atoms with E-state index >= 15 is 0 Å². The van der Waals surface area contributed by atoms with Crippen molar-refractivity contribution in [2.45, 2.75) is 37.5 Å². The van der Waals surface area contributed by atoms with Crippen LogP contribution in [0.15, 0.2) is 144 Å². The van der Waals surface area contributed by atoms with Gasteiger partial charge >= 0.3 is 0 Å². The molecule has 234 valence electrons. The topological polar surface area (TPSA) is 51.8 Å². The summed E-state index contributed by atoms with van der Waals surface area (Å²) in [5.74, 6) is 1.86. The molecular weight excluding hydrogens is 599 g/mol. The number of fused-ring (bicyclic) bond motifs is 8. The van der Waals surface area contributed by atoms with Crippen LogP contribution in [0.5, 0.6) is 0 Å². The van der Waals surface area contributed by atoms with E-state index < -0.39 is 0 Å². The molecule has 4 nitrogen and oxygen atoms in total. The fourth-order valence-corrected chi connectivity index (χ4v) is 8.60. The lowest BCUT2D eigenvalue weighted by molar-refractivity contribution is 0.353. The molecule has 0 atom stereocenters. The van der Waals surface area contributed by atoms with E-state index in [1.165, 1.54) is 59.9 Å². The van der Waals surface area contributed by atoms with Crippen LogP contribution >= 0.6 is 0 Å². The van der Waals surface area contributed by atoms with Crippen LogP contribution in [0.2, 0.25) is 0 Å².